The predicted octanol–water partition coefficient (Wildman–Crippen LogP) is 6.40. The second kappa shape index (κ2) is 15.0. The lowest BCUT2D eigenvalue weighted by Gasteiger charge is -2.39. The van der Waals surface area contributed by atoms with Crippen molar-refractivity contribution in [2.24, 2.45) is 5.92 Å². The molecule has 17 heteroatoms. The zero-order valence-corrected chi connectivity index (χ0v) is 30.5. The Balaban J connectivity index is 0.875. The fraction of sp³-hybridized carbons (Fsp3) is 0.385. The maximum atomic E-state index is 15.3. The Hall–Kier alpha value is -5.84. The van der Waals surface area contributed by atoms with Crippen molar-refractivity contribution < 1.29 is 36.7 Å². The van der Waals surface area contributed by atoms with Crippen LogP contribution in [-0.2, 0) is 11.0 Å². The highest BCUT2D eigenvalue weighted by atomic mass is 19.4. The number of urea groups is 1. The van der Waals surface area contributed by atoms with E-state index in [1.165, 1.54) is 30.3 Å². The average Bonchev–Trinajstić information content (AvgIpc) is 3.61. The number of carbonyl (C=O) groups excluding carboxylic acids is 3. The number of hydrogen-bond acceptors (Lipinski definition) is 9. The van der Waals surface area contributed by atoms with Crippen molar-refractivity contribution in [3.8, 4) is 5.75 Å². The molecule has 4 amide bonds. The molecule has 292 valence electrons. The molecule has 5 heterocycles. The number of alkyl halides is 3. The molecule has 8 rings (SSSR count). The molecule has 0 unspecified atom stereocenters. The molecule has 56 heavy (non-hydrogen) atoms. The standard InChI is InChI=1S/C39H39F4N9O4/c1-56-33-18-29-24(17-30(33)46-37(54)28-3-2-4-34(45-28)39(41,42)43)22-52(48-29)25-7-5-23(6-8-25)21-49-13-15-50(16-14-49)31-10-9-27(40)36-26(31)19-44-20-32(36)51-12-11-35(53)47-38(51)55/h2-4,9-10,17-20,22-23,25H,5-8,11-16,21H2,1H3,(H,46,54)(H,47,53,55)/t23-,25-. The number of carbonyl (C=O) groups is 3. The Labute approximate surface area is 318 Å². The van der Waals surface area contributed by atoms with Gasteiger partial charge in [-0.1, -0.05) is 6.07 Å². The minimum absolute atomic E-state index is 0.129. The monoisotopic (exact) mass is 773 g/mol. The van der Waals surface area contributed by atoms with E-state index < -0.39 is 29.6 Å². The number of rotatable bonds is 8. The zero-order chi connectivity index (χ0) is 39.1. The van der Waals surface area contributed by atoms with Crippen molar-refractivity contribution in [3.63, 3.8) is 0 Å². The first-order chi connectivity index (χ1) is 26.9. The van der Waals surface area contributed by atoms with Gasteiger partial charge in [-0.2, -0.15) is 18.3 Å². The van der Waals surface area contributed by atoms with Crippen LogP contribution in [0.15, 0.2) is 61.1 Å². The Bertz CT molecular complexity index is 2320. The topological polar surface area (TPSA) is 138 Å². The summed E-state index contributed by atoms with van der Waals surface area (Å²) in [6.45, 7) is 4.32. The summed E-state index contributed by atoms with van der Waals surface area (Å²) in [5.74, 6) is -0.754. The first kappa shape index (κ1) is 37.1. The molecule has 2 saturated heterocycles. The number of imide groups is 1. The molecule has 1 aliphatic carbocycles. The molecule has 3 fully saturated rings. The SMILES string of the molecule is COc1cc2nn([C@H]3CC[C@H](CN4CCN(c5ccc(F)c6c(N7CCC(=O)NC7=O)cncc56)CC4)CC3)cc2cc1NC(=O)c1cccc(C(F)(F)F)n1. The highest BCUT2D eigenvalue weighted by molar-refractivity contribution is 6.11. The van der Waals surface area contributed by atoms with Gasteiger partial charge in [0.05, 0.1) is 36.2 Å². The molecule has 3 aliphatic rings. The fourth-order valence-electron chi connectivity index (χ4n) is 8.05. The zero-order valence-electron chi connectivity index (χ0n) is 30.5. The number of anilines is 3. The van der Waals surface area contributed by atoms with Crippen LogP contribution in [0.2, 0.25) is 0 Å². The third kappa shape index (κ3) is 7.42. The van der Waals surface area contributed by atoms with Gasteiger partial charge in [0.25, 0.3) is 5.91 Å². The van der Waals surface area contributed by atoms with Gasteiger partial charge < -0.3 is 15.0 Å². The number of ether oxygens (including phenoxy) is 1. The van der Waals surface area contributed by atoms with Crippen LogP contribution in [0.5, 0.6) is 5.75 Å². The molecule has 0 radical (unpaired) electrons. The summed E-state index contributed by atoms with van der Waals surface area (Å²) in [6, 6.07) is 9.38. The number of halogens is 4. The van der Waals surface area contributed by atoms with Crippen LogP contribution in [-0.4, -0.2) is 88.9 Å². The van der Waals surface area contributed by atoms with Gasteiger partial charge in [-0.15, -0.1) is 0 Å². The Morgan fingerprint density at radius 3 is 2.50 bits per heavy atom. The van der Waals surface area contributed by atoms with Gasteiger partial charge in [-0.05, 0) is 61.9 Å². The second-order valence-electron chi connectivity index (χ2n) is 14.4. The minimum atomic E-state index is -4.68. The van der Waals surface area contributed by atoms with E-state index in [9.17, 15) is 27.6 Å². The number of benzene rings is 2. The van der Waals surface area contributed by atoms with Gasteiger partial charge in [0.15, 0.2) is 0 Å². The largest absolute Gasteiger partial charge is 0.494 e. The molecule has 0 bridgehead atoms. The number of nitrogens with zero attached hydrogens (tertiary/aromatic N) is 7. The summed E-state index contributed by atoms with van der Waals surface area (Å²) in [5.41, 5.74) is 0.654. The lowest BCUT2D eigenvalue weighted by molar-refractivity contribution is -0.141. The van der Waals surface area contributed by atoms with Gasteiger partial charge in [0.1, 0.15) is 23.0 Å². The van der Waals surface area contributed by atoms with Gasteiger partial charge in [-0.25, -0.2) is 14.2 Å². The normalized spacial score (nSPS) is 19.7. The average molecular weight is 774 g/mol. The van der Waals surface area contributed by atoms with Crippen molar-refractivity contribution in [2.45, 2.75) is 44.3 Å². The van der Waals surface area contributed by atoms with Crippen LogP contribution in [0.3, 0.4) is 0 Å². The second-order valence-corrected chi connectivity index (χ2v) is 14.4. The van der Waals surface area contributed by atoms with Gasteiger partial charge in [-0.3, -0.25) is 34.4 Å². The molecule has 1 saturated carbocycles. The highest BCUT2D eigenvalue weighted by Gasteiger charge is 2.33. The molecular formula is C39H39F4N9O4. The summed E-state index contributed by atoms with van der Waals surface area (Å²) in [7, 11) is 1.44. The van der Waals surface area contributed by atoms with E-state index in [0.717, 1.165) is 81.6 Å². The third-order valence-corrected chi connectivity index (χ3v) is 11.0. The molecule has 2 N–H and O–H groups in total. The minimum Gasteiger partial charge on any atom is -0.494 e. The van der Waals surface area contributed by atoms with Crippen LogP contribution in [0, 0.1) is 11.7 Å². The van der Waals surface area contributed by atoms with Crippen LogP contribution in [0.25, 0.3) is 21.7 Å². The van der Waals surface area contributed by atoms with Crippen LogP contribution < -0.4 is 25.2 Å². The lowest BCUT2D eigenvalue weighted by atomic mass is 9.85. The molecule has 3 aromatic heterocycles. The van der Waals surface area contributed by atoms with Gasteiger partial charge in [0.2, 0.25) is 5.91 Å². The number of nitrogens with one attached hydrogen (secondary N) is 2. The molecule has 5 aromatic rings. The molecule has 2 aromatic carbocycles. The van der Waals surface area contributed by atoms with Crippen LogP contribution >= 0.6 is 0 Å². The molecule has 0 spiro atoms. The van der Waals surface area contributed by atoms with Crippen molar-refractivity contribution in [2.75, 3.05) is 61.5 Å². The van der Waals surface area contributed by atoms with E-state index in [4.69, 9.17) is 9.84 Å². The van der Waals surface area contributed by atoms with E-state index >= 15 is 4.39 Å². The van der Waals surface area contributed by atoms with Crippen molar-refractivity contribution in [1.82, 2.24) is 30.0 Å². The molecule has 0 atom stereocenters. The maximum absolute atomic E-state index is 15.3. The maximum Gasteiger partial charge on any atom is 0.433 e. The number of pyridine rings is 2. The van der Waals surface area contributed by atoms with Gasteiger partial charge >= 0.3 is 12.2 Å². The van der Waals surface area contributed by atoms with Gasteiger partial charge in [0, 0.05) is 86.0 Å². The van der Waals surface area contributed by atoms with E-state index in [1.807, 2.05) is 10.9 Å². The summed E-state index contributed by atoms with van der Waals surface area (Å²) in [4.78, 5) is 51.1. The lowest BCUT2D eigenvalue weighted by Crippen LogP contribution is -2.49. The van der Waals surface area contributed by atoms with E-state index in [-0.39, 0.29) is 30.6 Å². The summed E-state index contributed by atoms with van der Waals surface area (Å²) in [6.07, 6.45) is 4.43. The summed E-state index contributed by atoms with van der Waals surface area (Å²) >= 11 is 0. The number of piperazine rings is 1. The fourth-order valence-corrected chi connectivity index (χ4v) is 8.05. The molecule has 13 nitrogen and oxygen atoms in total. The highest BCUT2D eigenvalue weighted by Crippen LogP contribution is 2.38. The van der Waals surface area contributed by atoms with E-state index in [1.54, 1.807) is 24.4 Å². The first-order valence-corrected chi connectivity index (χ1v) is 18.5. The molecular weight excluding hydrogens is 734 g/mol. The van der Waals surface area contributed by atoms with Crippen molar-refractivity contribution in [1.29, 1.82) is 0 Å². The van der Waals surface area contributed by atoms with E-state index in [0.29, 0.717) is 39.3 Å². The number of hydrogen-bond donors (Lipinski definition) is 2. The number of fused-ring (bicyclic) bond motifs is 2. The number of aromatic nitrogens is 4. The molecule has 2 aliphatic heterocycles. The smallest absolute Gasteiger partial charge is 0.433 e. The quantitative estimate of drug-likeness (QED) is 0.172. The summed E-state index contributed by atoms with van der Waals surface area (Å²) in [5, 5.41) is 11.4. The number of methoxy groups -OCH3 is 1. The predicted molar refractivity (Wildman–Crippen MR) is 200 cm³/mol. The first-order valence-electron chi connectivity index (χ1n) is 18.5. The third-order valence-electron chi connectivity index (χ3n) is 11.0. The van der Waals surface area contributed by atoms with Crippen molar-refractivity contribution in [3.05, 3.63) is 78.3 Å². The Morgan fingerprint density at radius 2 is 1.77 bits per heavy atom. The Kier molecular flexibility index (Phi) is 9.94. The van der Waals surface area contributed by atoms with Crippen LogP contribution in [0.1, 0.15) is 54.3 Å². The Morgan fingerprint density at radius 1 is 0.982 bits per heavy atom. The summed E-state index contributed by atoms with van der Waals surface area (Å²) < 4.78 is 62.3. The van der Waals surface area contributed by atoms with Crippen LogP contribution in [0.4, 0.5) is 39.4 Å². The number of amides is 4. The van der Waals surface area contributed by atoms with Crippen molar-refractivity contribution >= 4 is 56.6 Å². The van der Waals surface area contributed by atoms with E-state index in [2.05, 4.69) is 30.4 Å².